The van der Waals surface area contributed by atoms with Crippen LogP contribution in [-0.2, 0) is 4.79 Å². The van der Waals surface area contributed by atoms with Gasteiger partial charge in [-0.05, 0) is 62.2 Å². The number of carbonyl (C=O) groups is 1. The average Bonchev–Trinajstić information content (AvgIpc) is 3.10. The van der Waals surface area contributed by atoms with Crippen LogP contribution in [0.15, 0.2) is 87.7 Å². The summed E-state index contributed by atoms with van der Waals surface area (Å²) < 4.78 is 0. The molecule has 3 aliphatic carbocycles. The molecule has 4 rings (SSSR count). The maximum atomic E-state index is 13.4. The Labute approximate surface area is 174 Å². The fourth-order valence-electron chi connectivity index (χ4n) is 4.37. The van der Waals surface area contributed by atoms with Crippen molar-refractivity contribution in [3.8, 4) is 0 Å². The minimum atomic E-state index is -0.0523. The second-order valence-electron chi connectivity index (χ2n) is 8.04. The number of carbonyl (C=O) groups excluding carboxylic acids is 1. The molecule has 3 nitrogen and oxygen atoms in total. The van der Waals surface area contributed by atoms with E-state index < -0.39 is 0 Å². The molecule has 0 bridgehead atoms. The van der Waals surface area contributed by atoms with Crippen LogP contribution in [0.25, 0.3) is 0 Å². The van der Waals surface area contributed by atoms with Gasteiger partial charge in [-0.2, -0.15) is 0 Å². The van der Waals surface area contributed by atoms with Gasteiger partial charge in [-0.3, -0.25) is 9.79 Å². The number of allylic oxidation sites excluding steroid dienone is 10. The average molecular weight is 387 g/mol. The van der Waals surface area contributed by atoms with Crippen molar-refractivity contribution in [2.75, 3.05) is 0 Å². The van der Waals surface area contributed by atoms with Gasteiger partial charge in [-0.15, -0.1) is 0 Å². The van der Waals surface area contributed by atoms with Crippen molar-refractivity contribution < 1.29 is 4.79 Å². The Morgan fingerprint density at radius 1 is 1.14 bits per heavy atom. The zero-order valence-corrected chi connectivity index (χ0v) is 17.3. The van der Waals surface area contributed by atoms with Gasteiger partial charge in [-0.1, -0.05) is 67.5 Å². The van der Waals surface area contributed by atoms with Crippen molar-refractivity contribution in [2.24, 2.45) is 4.99 Å². The molecule has 1 aliphatic heterocycles. The molecule has 0 aromatic rings. The molecule has 0 radical (unpaired) electrons. The highest BCUT2D eigenvalue weighted by Gasteiger charge is 2.32. The molecule has 0 saturated heterocycles. The fraction of sp³-hybridized carbons (Fsp3) is 0.385. The zero-order chi connectivity index (χ0) is 20.1. The smallest absolute Gasteiger partial charge is 0.256 e. The summed E-state index contributed by atoms with van der Waals surface area (Å²) >= 11 is 0. The second-order valence-corrected chi connectivity index (χ2v) is 8.04. The van der Waals surface area contributed by atoms with Gasteiger partial charge in [0.25, 0.3) is 5.91 Å². The lowest BCUT2D eigenvalue weighted by atomic mass is 9.81. The van der Waals surface area contributed by atoms with Crippen LogP contribution in [0.2, 0.25) is 0 Å². The summed E-state index contributed by atoms with van der Waals surface area (Å²) in [4.78, 5) is 18.4. The first-order chi connectivity index (χ1) is 14.3. The van der Waals surface area contributed by atoms with Crippen molar-refractivity contribution in [1.29, 1.82) is 0 Å². The maximum absolute atomic E-state index is 13.4. The van der Waals surface area contributed by atoms with Crippen molar-refractivity contribution in [1.82, 2.24) is 5.32 Å². The summed E-state index contributed by atoms with van der Waals surface area (Å²) in [7, 11) is 0. The number of aliphatic imine (C=N–C) groups is 1. The molecule has 150 valence electrons. The minimum Gasteiger partial charge on any atom is -0.322 e. The van der Waals surface area contributed by atoms with Crippen LogP contribution in [0.5, 0.6) is 0 Å². The number of fused-ring (bicyclic) bond motifs is 2. The van der Waals surface area contributed by atoms with Gasteiger partial charge in [0.2, 0.25) is 0 Å². The molecular weight excluding hydrogens is 356 g/mol. The Balaban J connectivity index is 1.58. The van der Waals surface area contributed by atoms with Gasteiger partial charge in [0.1, 0.15) is 0 Å². The quantitative estimate of drug-likeness (QED) is 0.636. The number of hydrogen-bond acceptors (Lipinski definition) is 2. The highest BCUT2D eigenvalue weighted by Crippen LogP contribution is 2.35. The highest BCUT2D eigenvalue weighted by atomic mass is 16.1. The van der Waals surface area contributed by atoms with E-state index in [0.717, 1.165) is 66.7 Å². The van der Waals surface area contributed by atoms with Gasteiger partial charge in [0.05, 0.1) is 11.6 Å². The van der Waals surface area contributed by atoms with Crippen molar-refractivity contribution in [3.63, 3.8) is 0 Å². The van der Waals surface area contributed by atoms with Crippen LogP contribution >= 0.6 is 0 Å². The first kappa shape index (κ1) is 19.6. The van der Waals surface area contributed by atoms with Gasteiger partial charge in [-0.25, -0.2) is 0 Å². The number of amides is 1. The van der Waals surface area contributed by atoms with E-state index in [9.17, 15) is 4.79 Å². The SMILES string of the molecule is CCCCC1=CCC=C(NC(=O)C2=C3CCCCC3=NC3C=CC=CC=C23)C=C1. The van der Waals surface area contributed by atoms with E-state index in [1.807, 2.05) is 18.2 Å². The molecule has 3 heteroatoms. The molecule has 1 heterocycles. The monoisotopic (exact) mass is 386 g/mol. The molecule has 1 amide bonds. The number of rotatable bonds is 5. The normalized spacial score (nSPS) is 23.1. The predicted octanol–water partition coefficient (Wildman–Crippen LogP) is 5.81. The lowest BCUT2D eigenvalue weighted by molar-refractivity contribution is -0.116. The third-order valence-electron chi connectivity index (χ3n) is 5.93. The van der Waals surface area contributed by atoms with E-state index in [0.29, 0.717) is 0 Å². The number of unbranched alkanes of at least 4 members (excludes halogenated alkanes) is 1. The Bertz CT molecular complexity index is 918. The summed E-state index contributed by atoms with van der Waals surface area (Å²) in [6.45, 7) is 2.21. The summed E-state index contributed by atoms with van der Waals surface area (Å²) in [5.74, 6) is 0.00200. The molecule has 1 saturated carbocycles. The van der Waals surface area contributed by atoms with E-state index in [4.69, 9.17) is 4.99 Å². The Hall–Kier alpha value is -2.68. The van der Waals surface area contributed by atoms with Crippen LogP contribution < -0.4 is 5.32 Å². The summed E-state index contributed by atoms with van der Waals surface area (Å²) in [6.07, 6.45) is 27.3. The number of dihydropyridines is 1. The van der Waals surface area contributed by atoms with Crippen LogP contribution in [-0.4, -0.2) is 17.7 Å². The summed E-state index contributed by atoms with van der Waals surface area (Å²) in [6, 6.07) is -0.0523. The van der Waals surface area contributed by atoms with Gasteiger partial charge < -0.3 is 5.32 Å². The van der Waals surface area contributed by atoms with E-state index in [1.165, 1.54) is 18.4 Å². The molecule has 0 aromatic carbocycles. The van der Waals surface area contributed by atoms with E-state index >= 15 is 0 Å². The Kier molecular flexibility index (Phi) is 6.24. The van der Waals surface area contributed by atoms with Gasteiger partial charge >= 0.3 is 0 Å². The topological polar surface area (TPSA) is 41.5 Å². The number of nitrogens with one attached hydrogen (secondary N) is 1. The Morgan fingerprint density at radius 2 is 2.03 bits per heavy atom. The van der Waals surface area contributed by atoms with E-state index in [1.54, 1.807) is 0 Å². The van der Waals surface area contributed by atoms with Crippen LogP contribution in [0.3, 0.4) is 0 Å². The molecule has 0 spiro atoms. The molecule has 0 aromatic heterocycles. The lowest BCUT2D eigenvalue weighted by Gasteiger charge is -2.29. The van der Waals surface area contributed by atoms with Crippen LogP contribution in [0.1, 0.15) is 58.3 Å². The van der Waals surface area contributed by atoms with Gasteiger partial charge in [0.15, 0.2) is 0 Å². The van der Waals surface area contributed by atoms with Crippen LogP contribution in [0.4, 0.5) is 0 Å². The third kappa shape index (κ3) is 4.50. The lowest BCUT2D eigenvalue weighted by Crippen LogP contribution is -2.33. The molecular formula is C26H30N2O. The third-order valence-corrected chi connectivity index (χ3v) is 5.93. The van der Waals surface area contributed by atoms with Crippen LogP contribution in [0, 0.1) is 0 Å². The van der Waals surface area contributed by atoms with Crippen molar-refractivity contribution in [3.05, 3.63) is 82.7 Å². The zero-order valence-electron chi connectivity index (χ0n) is 17.3. The molecule has 1 unspecified atom stereocenters. The summed E-state index contributed by atoms with van der Waals surface area (Å²) in [5.41, 5.74) is 6.39. The maximum Gasteiger partial charge on any atom is 0.256 e. The molecule has 1 fully saturated rings. The largest absolute Gasteiger partial charge is 0.322 e. The molecule has 4 aliphatic rings. The van der Waals surface area contributed by atoms with E-state index in [2.05, 4.69) is 48.7 Å². The number of nitrogens with zero attached hydrogens (tertiary/aromatic N) is 1. The highest BCUT2D eigenvalue weighted by molar-refractivity contribution is 6.13. The first-order valence-electron chi connectivity index (χ1n) is 11.0. The standard InChI is InChI=1S/C26H30N2O/c1-2-3-10-19-11-9-12-20(18-17-19)27-26(29)25-21-13-5-4-6-15-23(21)28-24-16-8-7-14-22(24)25/h4-6,11-13,15,17-18,23H,2-3,7-10,14,16H2,1H3,(H,27,29). The molecule has 29 heavy (non-hydrogen) atoms. The minimum absolute atomic E-state index is 0.00200. The van der Waals surface area contributed by atoms with Gasteiger partial charge in [0, 0.05) is 11.4 Å². The van der Waals surface area contributed by atoms with Crippen molar-refractivity contribution in [2.45, 2.75) is 64.3 Å². The molecule has 1 atom stereocenters. The summed E-state index contributed by atoms with van der Waals surface area (Å²) in [5, 5.41) is 3.19. The van der Waals surface area contributed by atoms with Crippen molar-refractivity contribution >= 4 is 11.6 Å². The predicted molar refractivity (Wildman–Crippen MR) is 121 cm³/mol. The second kappa shape index (κ2) is 9.21. The number of hydrogen-bond donors (Lipinski definition) is 1. The fourth-order valence-corrected chi connectivity index (χ4v) is 4.37. The van der Waals surface area contributed by atoms with E-state index in [-0.39, 0.29) is 11.9 Å². The Morgan fingerprint density at radius 3 is 2.93 bits per heavy atom. The molecule has 1 N–H and O–H groups in total. The first-order valence-corrected chi connectivity index (χ1v) is 11.0.